The standard InChI is InChI=1S/C45H54N6O8S/c52-41(14-6-5-13-40-42-38(30-60-40)48-44(54)49-42)46-21-7-23-56-25-26-57-24-8-22-47-45(55)58-29-31-15-17-33(18-16-31)37-27-35(59-50-37)28-51-39-12-4-2-10-34(39)20-19-32-9-1-3-11-36(32)43(51)53/h1-4,9-12,15-20,35,38,40,42H,5-8,13-14,21-30H2,(H,46,52)(H,47,55)(H2,48,49,54)/b20-19-/t35?,38-,40?,42-/m0/s1. The summed E-state index contributed by atoms with van der Waals surface area (Å²) >= 11 is 1.90. The van der Waals surface area contributed by atoms with Crippen LogP contribution in [0.15, 0.2) is 78.0 Å². The fourth-order valence-electron chi connectivity index (χ4n) is 7.67. The van der Waals surface area contributed by atoms with Crippen molar-refractivity contribution in [1.29, 1.82) is 0 Å². The van der Waals surface area contributed by atoms with Crippen LogP contribution in [0.25, 0.3) is 12.2 Å². The lowest BCUT2D eigenvalue weighted by Gasteiger charge is -2.28. The van der Waals surface area contributed by atoms with Gasteiger partial charge in [-0.3, -0.25) is 9.59 Å². The first-order chi connectivity index (χ1) is 29.4. The molecule has 5 amide bonds. The van der Waals surface area contributed by atoms with Gasteiger partial charge in [-0.15, -0.1) is 0 Å². The number of oxime groups is 1. The van der Waals surface area contributed by atoms with Crippen LogP contribution in [-0.2, 0) is 30.4 Å². The molecule has 4 aliphatic rings. The van der Waals surface area contributed by atoms with Crippen LogP contribution in [0.2, 0.25) is 0 Å². The molecule has 15 heteroatoms. The third-order valence-corrected chi connectivity index (χ3v) is 12.4. The molecule has 3 aromatic carbocycles. The van der Waals surface area contributed by atoms with Gasteiger partial charge in [0.25, 0.3) is 5.91 Å². The third kappa shape index (κ3) is 11.9. The molecule has 0 spiro atoms. The molecule has 4 N–H and O–H groups in total. The maximum absolute atomic E-state index is 13.8. The zero-order chi connectivity index (χ0) is 41.5. The molecule has 0 radical (unpaired) electrons. The maximum Gasteiger partial charge on any atom is 0.407 e. The summed E-state index contributed by atoms with van der Waals surface area (Å²) in [7, 11) is 0. The summed E-state index contributed by atoms with van der Waals surface area (Å²) in [5.41, 5.74) is 5.85. The molecule has 0 aliphatic carbocycles. The highest BCUT2D eigenvalue weighted by atomic mass is 32.2. The quantitative estimate of drug-likeness (QED) is 0.0755. The van der Waals surface area contributed by atoms with E-state index in [1.54, 1.807) is 4.90 Å². The summed E-state index contributed by atoms with van der Waals surface area (Å²) < 4.78 is 16.6. The number of unbranched alkanes of at least 4 members (excludes halogenated alkanes) is 1. The minimum atomic E-state index is -0.497. The average Bonchev–Trinajstić information content (AvgIpc) is 3.99. The van der Waals surface area contributed by atoms with Gasteiger partial charge in [0.05, 0.1) is 43.2 Å². The number of para-hydroxylation sites is 1. The molecule has 0 aromatic heterocycles. The van der Waals surface area contributed by atoms with Crippen LogP contribution < -0.4 is 26.2 Å². The third-order valence-electron chi connectivity index (χ3n) is 10.9. The lowest BCUT2D eigenvalue weighted by molar-refractivity contribution is -0.121. The van der Waals surface area contributed by atoms with Crippen molar-refractivity contribution in [3.05, 3.63) is 101 Å². The van der Waals surface area contributed by atoms with E-state index in [0.717, 1.165) is 65.1 Å². The second-order valence-electron chi connectivity index (χ2n) is 15.2. The van der Waals surface area contributed by atoms with Crippen molar-refractivity contribution in [2.45, 2.75) is 75.0 Å². The van der Waals surface area contributed by atoms with Crippen molar-refractivity contribution in [1.82, 2.24) is 21.3 Å². The maximum atomic E-state index is 13.8. The number of fused-ring (bicyclic) bond motifs is 3. The molecule has 2 saturated heterocycles. The number of hydrogen-bond donors (Lipinski definition) is 4. The Hall–Kier alpha value is -5.38. The molecule has 2 unspecified atom stereocenters. The van der Waals surface area contributed by atoms with E-state index in [1.807, 2.05) is 96.7 Å². The molecule has 318 valence electrons. The van der Waals surface area contributed by atoms with E-state index in [2.05, 4.69) is 26.4 Å². The Morgan fingerprint density at radius 3 is 2.38 bits per heavy atom. The first kappa shape index (κ1) is 42.7. The summed E-state index contributed by atoms with van der Waals surface area (Å²) in [5, 5.41) is 16.5. The highest BCUT2D eigenvalue weighted by Gasteiger charge is 2.42. The Morgan fingerprint density at radius 2 is 1.57 bits per heavy atom. The van der Waals surface area contributed by atoms with Gasteiger partial charge in [-0.1, -0.05) is 84.4 Å². The van der Waals surface area contributed by atoms with E-state index >= 15 is 0 Å². The van der Waals surface area contributed by atoms with Crippen LogP contribution in [0, 0.1) is 0 Å². The van der Waals surface area contributed by atoms with Crippen molar-refractivity contribution >= 4 is 59.3 Å². The lowest BCUT2D eigenvalue weighted by atomic mass is 9.99. The number of rotatable bonds is 21. The van der Waals surface area contributed by atoms with Gasteiger partial charge >= 0.3 is 12.1 Å². The average molecular weight is 839 g/mol. The smallest absolute Gasteiger partial charge is 0.407 e. The van der Waals surface area contributed by atoms with Crippen molar-refractivity contribution in [2.75, 3.05) is 56.7 Å². The molecular weight excluding hydrogens is 785 g/mol. The number of ether oxygens (including phenoxy) is 3. The first-order valence-electron chi connectivity index (χ1n) is 20.9. The second-order valence-corrected chi connectivity index (χ2v) is 16.5. The molecule has 60 heavy (non-hydrogen) atoms. The SMILES string of the molecule is O=C(CCCCC1SC[C@@H]2NC(=O)N[C@H]12)NCCCOCCOCCCNC(=O)OCc1ccc(C2=NOC(CN3C(=O)c4ccccc4/C=C\c4ccccc43)C2)cc1. The number of benzene rings is 3. The first-order valence-corrected chi connectivity index (χ1v) is 22.0. The summed E-state index contributed by atoms with van der Waals surface area (Å²) in [6.07, 6.45) is 8.46. The predicted molar refractivity (Wildman–Crippen MR) is 232 cm³/mol. The van der Waals surface area contributed by atoms with Gasteiger partial charge < -0.3 is 45.2 Å². The fourth-order valence-corrected chi connectivity index (χ4v) is 9.22. The Balaban J connectivity index is 0.690. The Labute approximate surface area is 355 Å². The fraction of sp³-hybridized carbons (Fsp3) is 0.444. The zero-order valence-corrected chi connectivity index (χ0v) is 34.6. The van der Waals surface area contributed by atoms with Crippen molar-refractivity contribution < 1.29 is 38.2 Å². The van der Waals surface area contributed by atoms with Crippen LogP contribution in [-0.4, -0.2) is 105 Å². The second kappa shape index (κ2) is 21.7. The van der Waals surface area contributed by atoms with Gasteiger partial charge in [0, 0.05) is 55.7 Å². The molecule has 3 aromatic rings. The van der Waals surface area contributed by atoms with E-state index in [9.17, 15) is 19.2 Å². The van der Waals surface area contributed by atoms with Gasteiger partial charge in [-0.25, -0.2) is 9.59 Å². The van der Waals surface area contributed by atoms with Gasteiger partial charge in [-0.2, -0.15) is 11.8 Å². The molecular formula is C45H54N6O8S. The highest BCUT2D eigenvalue weighted by Crippen LogP contribution is 2.33. The topological polar surface area (TPSA) is 169 Å². The lowest BCUT2D eigenvalue weighted by Crippen LogP contribution is -2.39. The molecule has 4 heterocycles. The number of nitrogens with one attached hydrogen (secondary N) is 4. The molecule has 4 aliphatic heterocycles. The van der Waals surface area contributed by atoms with Gasteiger partial charge in [0.2, 0.25) is 5.91 Å². The minimum absolute atomic E-state index is 0.0614. The van der Waals surface area contributed by atoms with Crippen molar-refractivity contribution in [2.24, 2.45) is 5.16 Å². The Bertz CT molecular complexity index is 2010. The number of carbonyl (C=O) groups is 4. The van der Waals surface area contributed by atoms with Gasteiger partial charge in [0.15, 0.2) is 6.10 Å². The van der Waals surface area contributed by atoms with Crippen LogP contribution in [0.5, 0.6) is 0 Å². The van der Waals surface area contributed by atoms with E-state index in [-0.39, 0.29) is 42.6 Å². The molecule has 0 saturated carbocycles. The predicted octanol–water partition coefficient (Wildman–Crippen LogP) is 5.89. The number of nitrogens with zero attached hydrogens (tertiary/aromatic N) is 2. The Morgan fingerprint density at radius 1 is 0.833 bits per heavy atom. The monoisotopic (exact) mass is 838 g/mol. The van der Waals surface area contributed by atoms with Crippen molar-refractivity contribution in [3.63, 3.8) is 0 Å². The molecule has 2 fully saturated rings. The largest absolute Gasteiger partial charge is 0.445 e. The number of urea groups is 1. The molecule has 14 nitrogen and oxygen atoms in total. The molecule has 7 rings (SSSR count). The summed E-state index contributed by atoms with van der Waals surface area (Å²) in [5.74, 6) is 0.937. The van der Waals surface area contributed by atoms with E-state index in [4.69, 9.17) is 19.0 Å². The van der Waals surface area contributed by atoms with E-state index in [0.29, 0.717) is 76.1 Å². The van der Waals surface area contributed by atoms with Crippen LogP contribution >= 0.6 is 11.8 Å². The number of hydrogen-bond acceptors (Lipinski definition) is 10. The highest BCUT2D eigenvalue weighted by molar-refractivity contribution is 8.00. The summed E-state index contributed by atoms with van der Waals surface area (Å²) in [6.45, 7) is 3.41. The normalized spacial score (nSPS) is 20.7. The number of thioether (sulfide) groups is 1. The summed E-state index contributed by atoms with van der Waals surface area (Å²) in [4.78, 5) is 57.4. The number of carbonyl (C=O) groups excluding carboxylic acids is 4. The number of anilines is 1. The summed E-state index contributed by atoms with van der Waals surface area (Å²) in [6, 6.07) is 23.5. The van der Waals surface area contributed by atoms with E-state index < -0.39 is 6.09 Å². The Kier molecular flexibility index (Phi) is 15.5. The van der Waals surface area contributed by atoms with E-state index in [1.165, 1.54) is 0 Å². The van der Waals surface area contributed by atoms with Crippen molar-refractivity contribution in [3.8, 4) is 0 Å². The molecule has 4 atom stereocenters. The number of amides is 5. The van der Waals surface area contributed by atoms with Crippen LogP contribution in [0.3, 0.4) is 0 Å². The minimum Gasteiger partial charge on any atom is -0.445 e. The van der Waals surface area contributed by atoms with Gasteiger partial charge in [-0.05, 0) is 60.1 Å². The van der Waals surface area contributed by atoms with Crippen LogP contribution in [0.1, 0.15) is 77.6 Å². The molecule has 0 bridgehead atoms. The van der Waals surface area contributed by atoms with Gasteiger partial charge in [0.1, 0.15) is 6.61 Å². The number of alkyl carbamates (subject to hydrolysis) is 1. The van der Waals surface area contributed by atoms with Crippen LogP contribution in [0.4, 0.5) is 15.3 Å². The zero-order valence-electron chi connectivity index (χ0n) is 33.8.